The van der Waals surface area contributed by atoms with Gasteiger partial charge in [0.15, 0.2) is 14.9 Å². The average Bonchev–Trinajstić information content (AvgIpc) is 2.47. The first kappa shape index (κ1) is 15.9. The SMILES string of the molecule is CS(=O)(=O)c1ccc(NC(=O)C(N)C2CCOCC2)cn1. The molecular formula is C13H19N3O4S. The maximum atomic E-state index is 12.1. The lowest BCUT2D eigenvalue weighted by molar-refractivity contribution is -0.119. The zero-order valence-electron chi connectivity index (χ0n) is 11.8. The second kappa shape index (κ2) is 6.50. The predicted octanol–water partition coefficient (Wildman–Crippen LogP) is 0.177. The van der Waals surface area contributed by atoms with E-state index >= 15 is 0 Å². The second-order valence-corrected chi connectivity index (χ2v) is 7.08. The fraction of sp³-hybridized carbons (Fsp3) is 0.538. The minimum absolute atomic E-state index is 0.0331. The molecule has 1 unspecified atom stereocenters. The number of hydrogen-bond donors (Lipinski definition) is 2. The second-order valence-electron chi connectivity index (χ2n) is 5.12. The van der Waals surface area contributed by atoms with Crippen LogP contribution in [0.2, 0.25) is 0 Å². The smallest absolute Gasteiger partial charge is 0.241 e. The largest absolute Gasteiger partial charge is 0.381 e. The van der Waals surface area contributed by atoms with Crippen LogP contribution in [0.15, 0.2) is 23.4 Å². The van der Waals surface area contributed by atoms with Crippen molar-refractivity contribution in [2.75, 3.05) is 24.8 Å². The van der Waals surface area contributed by atoms with E-state index in [9.17, 15) is 13.2 Å². The summed E-state index contributed by atoms with van der Waals surface area (Å²) in [5, 5.41) is 2.62. The van der Waals surface area contributed by atoms with E-state index in [1.165, 1.54) is 18.3 Å². The molecule has 1 atom stereocenters. The fourth-order valence-electron chi connectivity index (χ4n) is 2.19. The number of rotatable bonds is 4. The Bertz CT molecular complexity index is 594. The zero-order valence-corrected chi connectivity index (χ0v) is 12.6. The molecule has 0 saturated carbocycles. The van der Waals surface area contributed by atoms with Crippen LogP contribution >= 0.6 is 0 Å². The molecule has 1 amide bonds. The van der Waals surface area contributed by atoms with Crippen LogP contribution in [0, 0.1) is 5.92 Å². The lowest BCUT2D eigenvalue weighted by atomic mass is 9.92. The standard InChI is InChI=1S/C13H19N3O4S/c1-21(18,19)11-3-2-10(8-15-11)16-13(17)12(14)9-4-6-20-7-5-9/h2-3,8-9,12H,4-7,14H2,1H3,(H,16,17). The Kier molecular flexibility index (Phi) is 4.92. The first-order chi connectivity index (χ1) is 9.88. The first-order valence-corrected chi connectivity index (χ1v) is 8.57. The third-order valence-electron chi connectivity index (χ3n) is 3.46. The minimum atomic E-state index is -3.34. The van der Waals surface area contributed by atoms with Crippen LogP contribution in [0.4, 0.5) is 5.69 Å². The van der Waals surface area contributed by atoms with Gasteiger partial charge in [-0.3, -0.25) is 4.79 Å². The van der Waals surface area contributed by atoms with Crippen molar-refractivity contribution in [3.8, 4) is 0 Å². The number of carbonyl (C=O) groups is 1. The van der Waals surface area contributed by atoms with E-state index in [2.05, 4.69) is 10.3 Å². The van der Waals surface area contributed by atoms with Crippen LogP contribution in [0.1, 0.15) is 12.8 Å². The molecule has 2 rings (SSSR count). The van der Waals surface area contributed by atoms with Crippen LogP contribution in [0.25, 0.3) is 0 Å². The number of aromatic nitrogens is 1. The van der Waals surface area contributed by atoms with E-state index < -0.39 is 15.9 Å². The van der Waals surface area contributed by atoms with Gasteiger partial charge in [-0.25, -0.2) is 13.4 Å². The van der Waals surface area contributed by atoms with Crippen molar-refractivity contribution in [1.29, 1.82) is 0 Å². The lowest BCUT2D eigenvalue weighted by Crippen LogP contribution is -2.44. The van der Waals surface area contributed by atoms with Crippen molar-refractivity contribution in [3.05, 3.63) is 18.3 Å². The molecule has 116 valence electrons. The number of nitrogens with one attached hydrogen (secondary N) is 1. The normalized spacial score (nSPS) is 18.2. The molecule has 2 heterocycles. The molecule has 21 heavy (non-hydrogen) atoms. The molecule has 0 radical (unpaired) electrons. The van der Waals surface area contributed by atoms with E-state index in [0.717, 1.165) is 19.1 Å². The molecule has 1 saturated heterocycles. The molecule has 0 bridgehead atoms. The number of anilines is 1. The van der Waals surface area contributed by atoms with Crippen molar-refractivity contribution in [2.24, 2.45) is 11.7 Å². The van der Waals surface area contributed by atoms with Crippen LogP contribution in [-0.4, -0.2) is 44.8 Å². The van der Waals surface area contributed by atoms with E-state index in [0.29, 0.717) is 18.9 Å². The van der Waals surface area contributed by atoms with E-state index in [1.54, 1.807) is 0 Å². The Hall–Kier alpha value is -1.51. The summed E-state index contributed by atoms with van der Waals surface area (Å²) in [6.45, 7) is 1.24. The Morgan fingerprint density at radius 3 is 2.62 bits per heavy atom. The summed E-state index contributed by atoms with van der Waals surface area (Å²) in [7, 11) is -3.34. The Labute approximate surface area is 123 Å². The number of carbonyl (C=O) groups excluding carboxylic acids is 1. The van der Waals surface area contributed by atoms with Gasteiger partial charge in [-0.2, -0.15) is 0 Å². The van der Waals surface area contributed by atoms with Gasteiger partial charge in [0.25, 0.3) is 0 Å². The monoisotopic (exact) mass is 313 g/mol. The van der Waals surface area contributed by atoms with Gasteiger partial charge in [0, 0.05) is 19.5 Å². The topological polar surface area (TPSA) is 111 Å². The Morgan fingerprint density at radius 1 is 1.43 bits per heavy atom. The number of hydrogen-bond acceptors (Lipinski definition) is 6. The average molecular weight is 313 g/mol. The molecule has 8 heteroatoms. The summed E-state index contributed by atoms with van der Waals surface area (Å²) in [5.74, 6) is -0.196. The highest BCUT2D eigenvalue weighted by Gasteiger charge is 2.26. The molecule has 1 aromatic heterocycles. The third kappa shape index (κ3) is 4.23. The molecule has 0 aliphatic carbocycles. The summed E-state index contributed by atoms with van der Waals surface area (Å²) in [4.78, 5) is 15.9. The molecule has 3 N–H and O–H groups in total. The predicted molar refractivity (Wildman–Crippen MR) is 77.5 cm³/mol. The third-order valence-corrected chi connectivity index (χ3v) is 4.46. The van der Waals surface area contributed by atoms with E-state index in [1.807, 2.05) is 0 Å². The summed E-state index contributed by atoms with van der Waals surface area (Å²) >= 11 is 0. The quantitative estimate of drug-likeness (QED) is 0.820. The maximum Gasteiger partial charge on any atom is 0.241 e. The number of amides is 1. The van der Waals surface area contributed by atoms with Gasteiger partial charge < -0.3 is 15.8 Å². The molecule has 1 fully saturated rings. The summed E-state index contributed by atoms with van der Waals surface area (Å²) < 4.78 is 27.8. The minimum Gasteiger partial charge on any atom is -0.381 e. The molecule has 1 aliphatic heterocycles. The highest BCUT2D eigenvalue weighted by Crippen LogP contribution is 2.19. The molecule has 1 aliphatic rings. The number of nitrogens with two attached hydrogens (primary N) is 1. The summed E-state index contributed by atoms with van der Waals surface area (Å²) in [5.41, 5.74) is 6.38. The van der Waals surface area contributed by atoms with Crippen molar-refractivity contribution >= 4 is 21.4 Å². The number of nitrogens with zero attached hydrogens (tertiary/aromatic N) is 1. The van der Waals surface area contributed by atoms with E-state index in [-0.39, 0.29) is 16.9 Å². The molecule has 7 nitrogen and oxygen atoms in total. The highest BCUT2D eigenvalue weighted by atomic mass is 32.2. The van der Waals surface area contributed by atoms with Gasteiger partial charge >= 0.3 is 0 Å². The van der Waals surface area contributed by atoms with Gasteiger partial charge in [-0.1, -0.05) is 0 Å². The van der Waals surface area contributed by atoms with E-state index in [4.69, 9.17) is 10.5 Å². The molecular weight excluding hydrogens is 294 g/mol. The van der Waals surface area contributed by atoms with Gasteiger partial charge in [-0.15, -0.1) is 0 Å². The number of sulfone groups is 1. The maximum absolute atomic E-state index is 12.1. The summed E-state index contributed by atoms with van der Waals surface area (Å²) in [6.07, 6.45) is 3.92. The van der Waals surface area contributed by atoms with Gasteiger partial charge in [0.05, 0.1) is 17.9 Å². The van der Waals surface area contributed by atoms with Crippen LogP contribution in [0.5, 0.6) is 0 Å². The zero-order chi connectivity index (χ0) is 15.5. The van der Waals surface area contributed by atoms with Crippen molar-refractivity contribution in [2.45, 2.75) is 23.9 Å². The summed E-state index contributed by atoms with van der Waals surface area (Å²) in [6, 6.07) is 2.24. The first-order valence-electron chi connectivity index (χ1n) is 6.68. The molecule has 0 spiro atoms. The van der Waals surface area contributed by atoms with Crippen LogP contribution in [-0.2, 0) is 19.4 Å². The van der Waals surface area contributed by atoms with Gasteiger partial charge in [0.1, 0.15) is 0 Å². The van der Waals surface area contributed by atoms with Gasteiger partial charge in [-0.05, 0) is 30.9 Å². The molecule has 1 aromatic rings. The fourth-order valence-corrected chi connectivity index (χ4v) is 2.75. The highest BCUT2D eigenvalue weighted by molar-refractivity contribution is 7.90. The Morgan fingerprint density at radius 2 is 2.10 bits per heavy atom. The van der Waals surface area contributed by atoms with Crippen LogP contribution in [0.3, 0.4) is 0 Å². The van der Waals surface area contributed by atoms with Crippen LogP contribution < -0.4 is 11.1 Å². The van der Waals surface area contributed by atoms with Gasteiger partial charge in [0.2, 0.25) is 5.91 Å². The lowest BCUT2D eigenvalue weighted by Gasteiger charge is -2.26. The molecule has 0 aromatic carbocycles. The number of ether oxygens (including phenoxy) is 1. The van der Waals surface area contributed by atoms with Crippen molar-refractivity contribution in [3.63, 3.8) is 0 Å². The number of pyridine rings is 1. The van der Waals surface area contributed by atoms with Crippen molar-refractivity contribution in [1.82, 2.24) is 4.98 Å². The Balaban J connectivity index is 1.99. The van der Waals surface area contributed by atoms with Crippen molar-refractivity contribution < 1.29 is 17.9 Å².